The standard InChI is InChI=1S/C18H25N3O3/c1-12-4-3-8-21(9-7-12)18(23)19-13(2)14-5-6-16-15(10-14)20-17(22)11-24-16/h5-6,10,12-13H,3-4,7-9,11H2,1-2H3,(H,19,23)(H,20,22)/t12-,13+/m1/s1. The van der Waals surface area contributed by atoms with E-state index in [4.69, 9.17) is 4.74 Å². The highest BCUT2D eigenvalue weighted by molar-refractivity contribution is 5.95. The van der Waals surface area contributed by atoms with Crippen molar-refractivity contribution in [1.29, 1.82) is 0 Å². The number of hydrogen-bond acceptors (Lipinski definition) is 3. The van der Waals surface area contributed by atoms with Gasteiger partial charge in [0.2, 0.25) is 0 Å². The normalized spacial score (nSPS) is 21.8. The van der Waals surface area contributed by atoms with E-state index in [0.29, 0.717) is 17.4 Å². The summed E-state index contributed by atoms with van der Waals surface area (Å²) in [5, 5.41) is 5.86. The highest BCUT2D eigenvalue weighted by Crippen LogP contribution is 2.30. The van der Waals surface area contributed by atoms with Crippen molar-refractivity contribution in [2.45, 2.75) is 39.2 Å². The zero-order valence-electron chi connectivity index (χ0n) is 14.3. The largest absolute Gasteiger partial charge is 0.482 e. The fraction of sp³-hybridized carbons (Fsp3) is 0.556. The average Bonchev–Trinajstić information content (AvgIpc) is 2.78. The number of likely N-dealkylation sites (tertiary alicyclic amines) is 1. The molecular weight excluding hydrogens is 306 g/mol. The number of nitrogens with one attached hydrogen (secondary N) is 2. The van der Waals surface area contributed by atoms with Gasteiger partial charge in [-0.3, -0.25) is 4.79 Å². The van der Waals surface area contributed by atoms with Crippen LogP contribution in [0.4, 0.5) is 10.5 Å². The van der Waals surface area contributed by atoms with E-state index in [1.807, 2.05) is 30.0 Å². The topological polar surface area (TPSA) is 70.7 Å². The molecular formula is C18H25N3O3. The summed E-state index contributed by atoms with van der Waals surface area (Å²) in [5.74, 6) is 1.19. The smallest absolute Gasteiger partial charge is 0.317 e. The van der Waals surface area contributed by atoms with Gasteiger partial charge in [0.1, 0.15) is 5.75 Å². The summed E-state index contributed by atoms with van der Waals surface area (Å²) < 4.78 is 5.36. The number of carbonyl (C=O) groups excluding carboxylic acids is 2. The molecule has 0 saturated carbocycles. The number of amides is 3. The van der Waals surface area contributed by atoms with Crippen LogP contribution >= 0.6 is 0 Å². The van der Waals surface area contributed by atoms with E-state index in [1.165, 1.54) is 6.42 Å². The first-order chi connectivity index (χ1) is 11.5. The van der Waals surface area contributed by atoms with E-state index in [0.717, 1.165) is 31.5 Å². The zero-order valence-corrected chi connectivity index (χ0v) is 14.3. The number of carbonyl (C=O) groups is 2. The van der Waals surface area contributed by atoms with Gasteiger partial charge in [0.25, 0.3) is 5.91 Å². The molecule has 0 spiro atoms. The molecule has 1 aromatic rings. The quantitative estimate of drug-likeness (QED) is 0.875. The van der Waals surface area contributed by atoms with Crippen molar-refractivity contribution in [2.75, 3.05) is 25.0 Å². The summed E-state index contributed by atoms with van der Waals surface area (Å²) in [6.07, 6.45) is 3.30. The molecule has 0 aliphatic carbocycles. The minimum absolute atomic E-state index is 0.0189. The lowest BCUT2D eigenvalue weighted by molar-refractivity contribution is -0.118. The van der Waals surface area contributed by atoms with Gasteiger partial charge in [-0.05, 0) is 49.8 Å². The van der Waals surface area contributed by atoms with Crippen LogP contribution in [0.15, 0.2) is 18.2 Å². The Balaban J connectivity index is 1.64. The first-order valence-electron chi connectivity index (χ1n) is 8.65. The molecule has 0 bridgehead atoms. The summed E-state index contributed by atoms with van der Waals surface area (Å²) in [5.41, 5.74) is 1.60. The third kappa shape index (κ3) is 3.80. The van der Waals surface area contributed by atoms with Crippen LogP contribution in [0.3, 0.4) is 0 Å². The SMILES string of the molecule is C[C@@H]1CCCN(C(=O)N[C@@H](C)c2ccc3c(c2)NC(=O)CO3)CC1. The van der Waals surface area contributed by atoms with Crippen LogP contribution in [0.5, 0.6) is 5.75 Å². The maximum absolute atomic E-state index is 12.5. The third-order valence-electron chi connectivity index (χ3n) is 4.78. The van der Waals surface area contributed by atoms with Crippen molar-refractivity contribution >= 4 is 17.6 Å². The molecule has 2 aliphatic rings. The van der Waals surface area contributed by atoms with E-state index >= 15 is 0 Å². The van der Waals surface area contributed by atoms with Crippen LogP contribution in [0.25, 0.3) is 0 Å². The molecule has 3 amide bonds. The Morgan fingerprint density at radius 3 is 3.04 bits per heavy atom. The summed E-state index contributed by atoms with van der Waals surface area (Å²) in [6.45, 7) is 5.87. The molecule has 1 aromatic carbocycles. The summed E-state index contributed by atoms with van der Waals surface area (Å²) >= 11 is 0. The molecule has 2 N–H and O–H groups in total. The Morgan fingerprint density at radius 1 is 1.38 bits per heavy atom. The highest BCUT2D eigenvalue weighted by Gasteiger charge is 2.21. The Hall–Kier alpha value is -2.24. The second kappa shape index (κ2) is 7.11. The van der Waals surface area contributed by atoms with Crippen molar-refractivity contribution in [3.05, 3.63) is 23.8 Å². The van der Waals surface area contributed by atoms with Gasteiger partial charge in [0, 0.05) is 13.1 Å². The van der Waals surface area contributed by atoms with Gasteiger partial charge in [0.15, 0.2) is 6.61 Å². The van der Waals surface area contributed by atoms with Gasteiger partial charge in [-0.1, -0.05) is 13.0 Å². The highest BCUT2D eigenvalue weighted by atomic mass is 16.5. The number of anilines is 1. The van der Waals surface area contributed by atoms with E-state index in [2.05, 4.69) is 17.6 Å². The second-order valence-corrected chi connectivity index (χ2v) is 6.79. The van der Waals surface area contributed by atoms with Gasteiger partial charge in [-0.15, -0.1) is 0 Å². The first-order valence-corrected chi connectivity index (χ1v) is 8.65. The molecule has 0 unspecified atom stereocenters. The maximum atomic E-state index is 12.5. The molecule has 130 valence electrons. The number of urea groups is 1. The lowest BCUT2D eigenvalue weighted by Gasteiger charge is -2.25. The van der Waals surface area contributed by atoms with Gasteiger partial charge >= 0.3 is 6.03 Å². The number of rotatable bonds is 2. The van der Waals surface area contributed by atoms with Crippen LogP contribution in [-0.4, -0.2) is 36.5 Å². The fourth-order valence-electron chi connectivity index (χ4n) is 3.20. The predicted octanol–water partition coefficient (Wildman–Crippen LogP) is 2.91. The van der Waals surface area contributed by atoms with Crippen molar-refractivity contribution in [3.63, 3.8) is 0 Å². The van der Waals surface area contributed by atoms with Gasteiger partial charge in [0.05, 0.1) is 11.7 Å². The molecule has 6 nitrogen and oxygen atoms in total. The minimum atomic E-state index is -0.157. The van der Waals surface area contributed by atoms with Crippen molar-refractivity contribution in [2.24, 2.45) is 5.92 Å². The van der Waals surface area contributed by atoms with Crippen LogP contribution in [0.1, 0.15) is 44.7 Å². The van der Waals surface area contributed by atoms with E-state index in [1.54, 1.807) is 0 Å². The molecule has 1 fully saturated rings. The van der Waals surface area contributed by atoms with E-state index in [-0.39, 0.29) is 24.6 Å². The first kappa shape index (κ1) is 16.6. The number of fused-ring (bicyclic) bond motifs is 1. The lowest BCUT2D eigenvalue weighted by atomic mass is 10.0. The van der Waals surface area contributed by atoms with Gasteiger partial charge < -0.3 is 20.3 Å². The molecule has 0 radical (unpaired) electrons. The van der Waals surface area contributed by atoms with Crippen molar-refractivity contribution in [3.8, 4) is 5.75 Å². The zero-order chi connectivity index (χ0) is 17.1. The average molecular weight is 331 g/mol. The van der Waals surface area contributed by atoms with Crippen LogP contribution in [0, 0.1) is 5.92 Å². The second-order valence-electron chi connectivity index (χ2n) is 6.79. The molecule has 1 saturated heterocycles. The van der Waals surface area contributed by atoms with Crippen LogP contribution in [-0.2, 0) is 4.79 Å². The van der Waals surface area contributed by atoms with Crippen molar-refractivity contribution < 1.29 is 14.3 Å². The van der Waals surface area contributed by atoms with Crippen LogP contribution < -0.4 is 15.4 Å². The van der Waals surface area contributed by atoms with E-state index in [9.17, 15) is 9.59 Å². The Kier molecular flexibility index (Phi) is 4.92. The summed E-state index contributed by atoms with van der Waals surface area (Å²) in [6, 6.07) is 5.46. The number of nitrogens with zero attached hydrogens (tertiary/aromatic N) is 1. The van der Waals surface area contributed by atoms with Crippen molar-refractivity contribution in [1.82, 2.24) is 10.2 Å². The number of ether oxygens (including phenoxy) is 1. The maximum Gasteiger partial charge on any atom is 0.317 e. The number of benzene rings is 1. The lowest BCUT2D eigenvalue weighted by Crippen LogP contribution is -2.41. The van der Waals surface area contributed by atoms with Crippen LogP contribution in [0.2, 0.25) is 0 Å². The fourth-order valence-corrected chi connectivity index (χ4v) is 3.20. The van der Waals surface area contributed by atoms with E-state index < -0.39 is 0 Å². The Bertz CT molecular complexity index is 632. The number of hydrogen-bond donors (Lipinski definition) is 2. The molecule has 24 heavy (non-hydrogen) atoms. The molecule has 0 aromatic heterocycles. The molecule has 2 heterocycles. The monoisotopic (exact) mass is 331 g/mol. The molecule has 2 atom stereocenters. The third-order valence-corrected chi connectivity index (χ3v) is 4.78. The summed E-state index contributed by atoms with van der Waals surface area (Å²) in [7, 11) is 0. The molecule has 6 heteroatoms. The predicted molar refractivity (Wildman–Crippen MR) is 92.1 cm³/mol. The Morgan fingerprint density at radius 2 is 2.21 bits per heavy atom. The Labute approximate surface area is 142 Å². The molecule has 2 aliphatic heterocycles. The van der Waals surface area contributed by atoms with Gasteiger partial charge in [-0.25, -0.2) is 4.79 Å². The van der Waals surface area contributed by atoms with Gasteiger partial charge in [-0.2, -0.15) is 0 Å². The summed E-state index contributed by atoms with van der Waals surface area (Å²) in [4.78, 5) is 25.8. The minimum Gasteiger partial charge on any atom is -0.482 e. The molecule has 3 rings (SSSR count).